The number of fused-ring (bicyclic) bond motifs is 1. The molecule has 2 aromatic rings. The van der Waals surface area contributed by atoms with Crippen molar-refractivity contribution < 1.29 is 14.6 Å². The summed E-state index contributed by atoms with van der Waals surface area (Å²) in [5.74, 6) is 0.639. The molecule has 3 nitrogen and oxygen atoms in total. The van der Waals surface area contributed by atoms with Crippen LogP contribution in [0.4, 0.5) is 0 Å². The summed E-state index contributed by atoms with van der Waals surface area (Å²) in [6.07, 6.45) is 0. The molecule has 0 radical (unpaired) electrons. The van der Waals surface area contributed by atoms with Gasteiger partial charge < -0.3 is 9.84 Å². The van der Waals surface area contributed by atoms with E-state index in [1.807, 2.05) is 25.1 Å². The second-order valence-corrected chi connectivity index (χ2v) is 4.82. The smallest absolute Gasteiger partial charge is 0.177 e. The van der Waals surface area contributed by atoms with Crippen LogP contribution in [0.25, 0.3) is 0 Å². The molecule has 1 unspecified atom stereocenters. The molecule has 1 aliphatic heterocycles. The maximum atomic E-state index is 12.5. The molecule has 1 N–H and O–H groups in total. The summed E-state index contributed by atoms with van der Waals surface area (Å²) in [6, 6.07) is 12.4. The van der Waals surface area contributed by atoms with Gasteiger partial charge in [0.25, 0.3) is 0 Å². The van der Waals surface area contributed by atoms with Crippen molar-refractivity contribution in [1.29, 1.82) is 0 Å². The number of carbonyl (C=O) groups is 1. The molecular formula is C16H14O3. The Hall–Kier alpha value is -2.29. The van der Waals surface area contributed by atoms with Gasteiger partial charge in [0.05, 0.1) is 11.5 Å². The molecular weight excluding hydrogens is 240 g/mol. The number of phenols is 1. The molecule has 0 aliphatic carbocycles. The summed E-state index contributed by atoms with van der Waals surface area (Å²) in [6.45, 7) is 2.30. The van der Waals surface area contributed by atoms with Crippen LogP contribution in [0.2, 0.25) is 0 Å². The van der Waals surface area contributed by atoms with Gasteiger partial charge in [-0.1, -0.05) is 23.8 Å². The molecule has 2 aromatic carbocycles. The highest BCUT2D eigenvalue weighted by atomic mass is 16.5. The van der Waals surface area contributed by atoms with Gasteiger partial charge in [-0.3, -0.25) is 4.79 Å². The average molecular weight is 254 g/mol. The van der Waals surface area contributed by atoms with Crippen molar-refractivity contribution in [3.05, 3.63) is 59.2 Å². The normalized spacial score (nSPS) is 17.7. The van der Waals surface area contributed by atoms with Gasteiger partial charge in [0.15, 0.2) is 5.78 Å². The van der Waals surface area contributed by atoms with E-state index in [2.05, 4.69) is 0 Å². The zero-order chi connectivity index (χ0) is 13.4. The number of ketones is 1. The van der Waals surface area contributed by atoms with Crippen molar-refractivity contribution in [2.24, 2.45) is 0 Å². The number of aromatic hydroxyl groups is 1. The second kappa shape index (κ2) is 4.43. The number of hydrogen-bond donors (Lipinski definition) is 1. The van der Waals surface area contributed by atoms with E-state index in [1.54, 1.807) is 24.3 Å². The predicted molar refractivity (Wildman–Crippen MR) is 71.9 cm³/mol. The quantitative estimate of drug-likeness (QED) is 0.850. The number of benzene rings is 2. The van der Waals surface area contributed by atoms with Crippen molar-refractivity contribution >= 4 is 5.78 Å². The molecule has 1 aliphatic rings. The first-order chi connectivity index (χ1) is 9.15. The van der Waals surface area contributed by atoms with Crippen molar-refractivity contribution in [1.82, 2.24) is 0 Å². The first-order valence-electron chi connectivity index (χ1n) is 6.22. The molecule has 0 aromatic heterocycles. The first-order valence-corrected chi connectivity index (χ1v) is 6.22. The van der Waals surface area contributed by atoms with E-state index in [0.29, 0.717) is 17.9 Å². The SMILES string of the molecule is Cc1ccc2c(c1)C(=O)C(c1ccc(O)cc1)CO2. The van der Waals surface area contributed by atoms with Crippen LogP contribution in [-0.2, 0) is 0 Å². The topological polar surface area (TPSA) is 46.5 Å². The van der Waals surface area contributed by atoms with Crippen LogP contribution in [0.1, 0.15) is 27.4 Å². The number of phenolic OH excluding ortho intramolecular Hbond substituents is 1. The Morgan fingerprint density at radius 3 is 2.63 bits per heavy atom. The number of rotatable bonds is 1. The van der Waals surface area contributed by atoms with E-state index in [0.717, 1.165) is 11.1 Å². The van der Waals surface area contributed by atoms with Gasteiger partial charge >= 0.3 is 0 Å². The molecule has 0 saturated carbocycles. The number of hydrogen-bond acceptors (Lipinski definition) is 3. The van der Waals surface area contributed by atoms with Crippen LogP contribution in [0.5, 0.6) is 11.5 Å². The minimum atomic E-state index is -0.296. The molecule has 96 valence electrons. The number of ether oxygens (including phenoxy) is 1. The Balaban J connectivity index is 1.99. The van der Waals surface area contributed by atoms with Gasteiger partial charge in [0, 0.05) is 0 Å². The molecule has 3 heteroatoms. The average Bonchev–Trinajstić information content (AvgIpc) is 2.41. The van der Waals surface area contributed by atoms with E-state index in [1.165, 1.54) is 0 Å². The lowest BCUT2D eigenvalue weighted by atomic mass is 9.88. The highest BCUT2D eigenvalue weighted by molar-refractivity contribution is 6.04. The molecule has 0 spiro atoms. The van der Waals surface area contributed by atoms with Gasteiger partial charge in [-0.2, -0.15) is 0 Å². The molecule has 0 fully saturated rings. The molecule has 19 heavy (non-hydrogen) atoms. The van der Waals surface area contributed by atoms with E-state index in [9.17, 15) is 9.90 Å². The maximum absolute atomic E-state index is 12.5. The van der Waals surface area contributed by atoms with Gasteiger partial charge in [-0.25, -0.2) is 0 Å². The fourth-order valence-electron chi connectivity index (χ4n) is 2.35. The van der Waals surface area contributed by atoms with E-state index < -0.39 is 0 Å². The lowest BCUT2D eigenvalue weighted by molar-refractivity contribution is 0.0896. The van der Waals surface area contributed by atoms with Crippen LogP contribution in [-0.4, -0.2) is 17.5 Å². The third-order valence-electron chi connectivity index (χ3n) is 3.42. The van der Waals surface area contributed by atoms with Crippen LogP contribution >= 0.6 is 0 Å². The lowest BCUT2D eigenvalue weighted by Crippen LogP contribution is -2.26. The van der Waals surface area contributed by atoms with E-state index >= 15 is 0 Å². The predicted octanol–water partition coefficient (Wildman–Crippen LogP) is 3.06. The summed E-state index contributed by atoms with van der Waals surface area (Å²) in [5, 5.41) is 9.30. The van der Waals surface area contributed by atoms with Gasteiger partial charge in [0.1, 0.15) is 18.1 Å². The summed E-state index contributed by atoms with van der Waals surface area (Å²) in [4.78, 5) is 12.5. The van der Waals surface area contributed by atoms with E-state index in [-0.39, 0.29) is 17.5 Å². The Morgan fingerprint density at radius 1 is 1.16 bits per heavy atom. The van der Waals surface area contributed by atoms with Crippen LogP contribution in [0, 0.1) is 6.92 Å². The Bertz CT molecular complexity index is 629. The lowest BCUT2D eigenvalue weighted by Gasteiger charge is -2.24. The van der Waals surface area contributed by atoms with Gasteiger partial charge in [0.2, 0.25) is 0 Å². The summed E-state index contributed by atoms with van der Waals surface area (Å²) in [5.41, 5.74) is 2.56. The number of Topliss-reactive ketones (excluding diaryl/α,β-unsaturated/α-hetero) is 1. The van der Waals surface area contributed by atoms with Crippen molar-refractivity contribution in [2.45, 2.75) is 12.8 Å². The summed E-state index contributed by atoms with van der Waals surface area (Å²) < 4.78 is 5.66. The third-order valence-corrected chi connectivity index (χ3v) is 3.42. The third kappa shape index (κ3) is 2.08. The molecule has 3 rings (SSSR count). The van der Waals surface area contributed by atoms with E-state index in [4.69, 9.17) is 4.74 Å². The van der Waals surface area contributed by atoms with Crippen LogP contribution in [0.3, 0.4) is 0 Å². The summed E-state index contributed by atoms with van der Waals surface area (Å²) >= 11 is 0. The Kier molecular flexibility index (Phi) is 2.75. The number of aryl methyl sites for hydroxylation is 1. The summed E-state index contributed by atoms with van der Waals surface area (Å²) in [7, 11) is 0. The van der Waals surface area contributed by atoms with Crippen molar-refractivity contribution in [3.8, 4) is 11.5 Å². The second-order valence-electron chi connectivity index (χ2n) is 4.82. The van der Waals surface area contributed by atoms with Gasteiger partial charge in [-0.15, -0.1) is 0 Å². The first kappa shape index (κ1) is 11.8. The molecule has 1 heterocycles. The fourth-order valence-corrected chi connectivity index (χ4v) is 2.35. The minimum absolute atomic E-state index is 0.0793. The molecule has 0 saturated heterocycles. The molecule has 0 amide bonds. The highest BCUT2D eigenvalue weighted by Gasteiger charge is 2.30. The Labute approximate surface area is 111 Å². The maximum Gasteiger partial charge on any atom is 0.177 e. The highest BCUT2D eigenvalue weighted by Crippen LogP contribution is 2.33. The standard InChI is InChI=1S/C16H14O3/c1-10-2-7-15-13(8-10)16(18)14(9-19-15)11-3-5-12(17)6-4-11/h2-8,14,17H,9H2,1H3. The Morgan fingerprint density at radius 2 is 1.89 bits per heavy atom. The fraction of sp³-hybridized carbons (Fsp3) is 0.188. The van der Waals surface area contributed by atoms with Crippen molar-refractivity contribution in [2.75, 3.05) is 6.61 Å². The van der Waals surface area contributed by atoms with Gasteiger partial charge in [-0.05, 0) is 36.8 Å². The van der Waals surface area contributed by atoms with Crippen LogP contribution < -0.4 is 4.74 Å². The largest absolute Gasteiger partial charge is 0.508 e. The number of carbonyl (C=O) groups excluding carboxylic acids is 1. The minimum Gasteiger partial charge on any atom is -0.508 e. The molecule has 0 bridgehead atoms. The zero-order valence-electron chi connectivity index (χ0n) is 10.6. The zero-order valence-corrected chi connectivity index (χ0v) is 10.6. The molecule has 1 atom stereocenters. The monoisotopic (exact) mass is 254 g/mol. The van der Waals surface area contributed by atoms with Crippen molar-refractivity contribution in [3.63, 3.8) is 0 Å². The van der Waals surface area contributed by atoms with Crippen LogP contribution in [0.15, 0.2) is 42.5 Å².